The Hall–Kier alpha value is -2.27. The van der Waals surface area contributed by atoms with E-state index in [1.165, 1.54) is 12.8 Å². The minimum atomic E-state index is 0.634. The van der Waals surface area contributed by atoms with Crippen LogP contribution in [0, 0.1) is 11.3 Å². The molecule has 0 aliphatic heterocycles. The molecule has 0 amide bonds. The highest BCUT2D eigenvalue weighted by atomic mass is 16.5. The minimum absolute atomic E-state index is 0.634. The van der Waals surface area contributed by atoms with E-state index in [0.29, 0.717) is 12.2 Å². The van der Waals surface area contributed by atoms with E-state index in [-0.39, 0.29) is 0 Å². The van der Waals surface area contributed by atoms with Crippen LogP contribution in [0.15, 0.2) is 48.5 Å². The highest BCUT2D eigenvalue weighted by Gasteiger charge is 2.07. The molecule has 0 unspecified atom stereocenters. The van der Waals surface area contributed by atoms with Crippen molar-refractivity contribution in [2.75, 3.05) is 6.61 Å². The smallest absolute Gasteiger partial charge is 0.128 e. The van der Waals surface area contributed by atoms with Crippen LogP contribution in [0.4, 0.5) is 0 Å². The first kappa shape index (κ1) is 14.1. The summed E-state index contributed by atoms with van der Waals surface area (Å²) in [6, 6.07) is 17.9. The molecule has 20 heavy (non-hydrogen) atoms. The van der Waals surface area contributed by atoms with E-state index in [1.54, 1.807) is 0 Å². The van der Waals surface area contributed by atoms with Crippen molar-refractivity contribution in [3.8, 4) is 22.9 Å². The lowest BCUT2D eigenvalue weighted by atomic mass is 10.0. The van der Waals surface area contributed by atoms with E-state index in [0.717, 1.165) is 23.3 Å². The fourth-order valence-corrected chi connectivity index (χ4v) is 2.10. The molecule has 0 aliphatic carbocycles. The highest BCUT2D eigenvalue weighted by Crippen LogP contribution is 2.31. The second kappa shape index (κ2) is 7.35. The molecule has 0 saturated carbocycles. The van der Waals surface area contributed by atoms with Crippen LogP contribution in [0.3, 0.4) is 0 Å². The molecule has 0 aliphatic rings. The van der Waals surface area contributed by atoms with Crippen LogP contribution in [-0.2, 0) is 0 Å². The summed E-state index contributed by atoms with van der Waals surface area (Å²) in [6.45, 7) is 2.87. The van der Waals surface area contributed by atoms with E-state index in [2.05, 4.69) is 25.1 Å². The summed E-state index contributed by atoms with van der Waals surface area (Å²) in [7, 11) is 0. The Kier molecular flexibility index (Phi) is 5.20. The lowest BCUT2D eigenvalue weighted by Gasteiger charge is -2.12. The maximum atomic E-state index is 9.03. The zero-order valence-corrected chi connectivity index (χ0v) is 11.8. The van der Waals surface area contributed by atoms with Crippen molar-refractivity contribution in [3.63, 3.8) is 0 Å². The van der Waals surface area contributed by atoms with Gasteiger partial charge in [0.2, 0.25) is 0 Å². The van der Waals surface area contributed by atoms with Crippen molar-refractivity contribution in [3.05, 3.63) is 54.1 Å². The van der Waals surface area contributed by atoms with Crippen molar-refractivity contribution in [2.45, 2.75) is 26.2 Å². The largest absolute Gasteiger partial charge is 0.493 e. The number of hydrogen-bond donors (Lipinski definition) is 0. The predicted molar refractivity (Wildman–Crippen MR) is 81.6 cm³/mol. The molecule has 0 atom stereocenters. The van der Waals surface area contributed by atoms with Crippen LogP contribution >= 0.6 is 0 Å². The second-order valence-corrected chi connectivity index (χ2v) is 4.74. The number of hydrogen-bond acceptors (Lipinski definition) is 2. The predicted octanol–water partition coefficient (Wildman–Crippen LogP) is 4.79. The fourth-order valence-electron chi connectivity index (χ4n) is 2.10. The van der Waals surface area contributed by atoms with Gasteiger partial charge in [-0.05, 0) is 30.2 Å². The van der Waals surface area contributed by atoms with E-state index in [1.807, 2.05) is 36.4 Å². The Morgan fingerprint density at radius 2 is 1.85 bits per heavy atom. The van der Waals surface area contributed by atoms with Crippen molar-refractivity contribution in [1.29, 1.82) is 5.26 Å². The topological polar surface area (TPSA) is 33.0 Å². The molecule has 0 saturated heterocycles. The zero-order valence-electron chi connectivity index (χ0n) is 11.8. The Bertz CT molecular complexity index is 584. The molecule has 0 aromatic heterocycles. The molecule has 2 heteroatoms. The van der Waals surface area contributed by atoms with Crippen LogP contribution in [0.5, 0.6) is 5.75 Å². The van der Waals surface area contributed by atoms with Gasteiger partial charge in [0.25, 0.3) is 0 Å². The number of nitriles is 1. The molecular weight excluding hydrogens is 246 g/mol. The van der Waals surface area contributed by atoms with E-state index in [4.69, 9.17) is 10.00 Å². The third-order valence-corrected chi connectivity index (χ3v) is 3.20. The van der Waals surface area contributed by atoms with Gasteiger partial charge >= 0.3 is 0 Å². The summed E-state index contributed by atoms with van der Waals surface area (Å²) in [5.41, 5.74) is 2.79. The summed E-state index contributed by atoms with van der Waals surface area (Å²) < 4.78 is 5.89. The van der Waals surface area contributed by atoms with Crippen LogP contribution in [0.25, 0.3) is 11.1 Å². The van der Waals surface area contributed by atoms with E-state index >= 15 is 0 Å². The number of benzene rings is 2. The molecule has 0 bridgehead atoms. The third kappa shape index (κ3) is 3.61. The van der Waals surface area contributed by atoms with E-state index < -0.39 is 0 Å². The number of nitrogens with zero attached hydrogens (tertiary/aromatic N) is 1. The maximum absolute atomic E-state index is 9.03. The zero-order chi connectivity index (χ0) is 14.2. The molecule has 2 rings (SSSR count). The highest BCUT2D eigenvalue weighted by molar-refractivity contribution is 5.71. The number of unbranched alkanes of at least 4 members (excludes halogenated alkanes) is 2. The SMILES string of the molecule is CCCCCOc1cc(C#N)ccc1-c1ccccc1. The Morgan fingerprint density at radius 1 is 1.05 bits per heavy atom. The van der Waals surface area contributed by atoms with Crippen molar-refractivity contribution < 1.29 is 4.74 Å². The average molecular weight is 265 g/mol. The van der Waals surface area contributed by atoms with Gasteiger partial charge in [-0.1, -0.05) is 50.1 Å². The molecule has 2 aromatic rings. The van der Waals surface area contributed by atoms with Crippen molar-refractivity contribution in [1.82, 2.24) is 0 Å². The van der Waals surface area contributed by atoms with Gasteiger partial charge in [0, 0.05) is 5.56 Å². The standard InChI is InChI=1S/C18H19NO/c1-2-3-7-12-20-18-13-15(14-19)10-11-17(18)16-8-5-4-6-9-16/h4-6,8-11,13H,2-3,7,12H2,1H3. The monoisotopic (exact) mass is 265 g/mol. The average Bonchev–Trinajstić information content (AvgIpc) is 2.52. The molecule has 0 radical (unpaired) electrons. The Balaban J connectivity index is 2.24. The quantitative estimate of drug-likeness (QED) is 0.703. The van der Waals surface area contributed by atoms with Gasteiger partial charge in [-0.3, -0.25) is 0 Å². The first-order valence-corrected chi connectivity index (χ1v) is 7.07. The van der Waals surface area contributed by atoms with Gasteiger partial charge in [0.15, 0.2) is 0 Å². The van der Waals surface area contributed by atoms with Gasteiger partial charge in [0.1, 0.15) is 5.75 Å². The Morgan fingerprint density at radius 3 is 2.55 bits per heavy atom. The lowest BCUT2D eigenvalue weighted by Crippen LogP contribution is -1.99. The normalized spacial score (nSPS) is 10.0. The second-order valence-electron chi connectivity index (χ2n) is 4.74. The molecular formula is C18H19NO. The molecule has 0 spiro atoms. The van der Waals surface area contributed by atoms with Gasteiger partial charge in [-0.25, -0.2) is 0 Å². The van der Waals surface area contributed by atoms with Crippen LogP contribution < -0.4 is 4.74 Å². The van der Waals surface area contributed by atoms with Crippen LogP contribution in [0.1, 0.15) is 31.7 Å². The lowest BCUT2D eigenvalue weighted by molar-refractivity contribution is 0.307. The first-order valence-electron chi connectivity index (χ1n) is 7.07. The van der Waals surface area contributed by atoms with Crippen molar-refractivity contribution in [2.24, 2.45) is 0 Å². The molecule has 0 heterocycles. The van der Waals surface area contributed by atoms with Gasteiger partial charge in [-0.2, -0.15) is 5.26 Å². The first-order chi connectivity index (χ1) is 9.85. The maximum Gasteiger partial charge on any atom is 0.128 e. The summed E-state index contributed by atoms with van der Waals surface area (Å²) in [4.78, 5) is 0. The van der Waals surface area contributed by atoms with Gasteiger partial charge in [-0.15, -0.1) is 0 Å². The van der Waals surface area contributed by atoms with Crippen LogP contribution in [-0.4, -0.2) is 6.61 Å². The minimum Gasteiger partial charge on any atom is -0.493 e. The summed E-state index contributed by atoms with van der Waals surface area (Å²) in [6.07, 6.45) is 3.38. The molecule has 0 fully saturated rings. The van der Waals surface area contributed by atoms with Crippen molar-refractivity contribution >= 4 is 0 Å². The summed E-state index contributed by atoms with van der Waals surface area (Å²) >= 11 is 0. The molecule has 102 valence electrons. The van der Waals surface area contributed by atoms with Gasteiger partial charge < -0.3 is 4.74 Å². The van der Waals surface area contributed by atoms with Gasteiger partial charge in [0.05, 0.1) is 18.2 Å². The van der Waals surface area contributed by atoms with E-state index in [9.17, 15) is 0 Å². The summed E-state index contributed by atoms with van der Waals surface area (Å²) in [5.74, 6) is 0.798. The molecule has 2 nitrogen and oxygen atoms in total. The third-order valence-electron chi connectivity index (χ3n) is 3.20. The van der Waals surface area contributed by atoms with Crippen LogP contribution in [0.2, 0.25) is 0 Å². The molecule has 2 aromatic carbocycles. The number of ether oxygens (including phenoxy) is 1. The summed E-state index contributed by atoms with van der Waals surface area (Å²) in [5, 5.41) is 9.03. The fraction of sp³-hybridized carbons (Fsp3) is 0.278. The Labute approximate surface area is 120 Å². The molecule has 0 N–H and O–H groups in total. The number of rotatable bonds is 6.